The maximum Gasteiger partial charge on any atom is 0.419 e. The number of piperazine rings is 1. The van der Waals surface area contributed by atoms with Crippen LogP contribution in [0.2, 0.25) is 0 Å². The Kier molecular flexibility index (Phi) is 6.35. The van der Waals surface area contributed by atoms with Crippen LogP contribution in [0.25, 0.3) is 0 Å². The molecule has 2 aliphatic rings. The van der Waals surface area contributed by atoms with E-state index in [2.05, 4.69) is 15.8 Å². The van der Waals surface area contributed by atoms with Crippen LogP contribution in [0.15, 0.2) is 36.7 Å². The van der Waals surface area contributed by atoms with Crippen LogP contribution in [0.5, 0.6) is 0 Å². The molecule has 1 unspecified atom stereocenters. The molecule has 0 N–H and O–H groups in total. The van der Waals surface area contributed by atoms with Crippen LogP contribution in [0, 0.1) is 11.7 Å². The van der Waals surface area contributed by atoms with E-state index in [1.165, 1.54) is 12.1 Å². The van der Waals surface area contributed by atoms with Gasteiger partial charge >= 0.3 is 6.18 Å². The lowest BCUT2D eigenvalue weighted by molar-refractivity contribution is -0.139. The minimum Gasteiger partial charge on any atom is -0.337 e. The number of carbonyl (C=O) groups excluding carboxylic acids is 1. The average Bonchev–Trinajstić information content (AvgIpc) is 2.78. The molecule has 33 heavy (non-hydrogen) atoms. The molecule has 11 heteroatoms. The van der Waals surface area contributed by atoms with Crippen LogP contribution in [0.4, 0.5) is 23.5 Å². The molecule has 0 saturated carbocycles. The summed E-state index contributed by atoms with van der Waals surface area (Å²) in [4.78, 5) is 24.6. The first-order valence-electron chi connectivity index (χ1n) is 10.6. The maximum absolute atomic E-state index is 13.5. The molecule has 4 rings (SSSR count). The number of amides is 1. The van der Waals surface area contributed by atoms with Gasteiger partial charge < -0.3 is 9.80 Å². The van der Waals surface area contributed by atoms with Crippen molar-refractivity contribution in [1.82, 2.24) is 14.9 Å². The van der Waals surface area contributed by atoms with Gasteiger partial charge in [0.05, 0.1) is 11.6 Å². The number of aromatic nitrogens is 2. The van der Waals surface area contributed by atoms with Crippen LogP contribution < -0.4 is 4.90 Å². The third-order valence-corrected chi connectivity index (χ3v) is 8.15. The van der Waals surface area contributed by atoms with Crippen molar-refractivity contribution in [3.63, 3.8) is 0 Å². The van der Waals surface area contributed by atoms with Crippen LogP contribution >= 0.6 is 0 Å². The Labute approximate surface area is 189 Å². The Bertz CT molecular complexity index is 1090. The number of rotatable bonds is 3. The molecule has 3 heterocycles. The summed E-state index contributed by atoms with van der Waals surface area (Å²) in [6, 6.07) is 5.36. The number of benzene rings is 1. The monoisotopic (exact) mass is 484 g/mol. The first-order valence-corrected chi connectivity index (χ1v) is 12.6. The van der Waals surface area contributed by atoms with Crippen molar-refractivity contribution in [1.29, 1.82) is 0 Å². The molecule has 2 fully saturated rings. The molecule has 2 saturated heterocycles. The Hall–Kier alpha value is -2.69. The summed E-state index contributed by atoms with van der Waals surface area (Å²) in [5, 5.41) is 0. The van der Waals surface area contributed by atoms with Gasteiger partial charge in [0.2, 0.25) is 11.9 Å². The van der Waals surface area contributed by atoms with Crippen molar-refractivity contribution >= 4 is 27.2 Å². The number of hydrogen-bond donors (Lipinski definition) is 0. The van der Waals surface area contributed by atoms with Gasteiger partial charge in [-0.1, -0.05) is 12.1 Å². The maximum atomic E-state index is 13.5. The van der Waals surface area contributed by atoms with Gasteiger partial charge in [-0.2, -0.15) is 13.2 Å². The van der Waals surface area contributed by atoms with Crippen molar-refractivity contribution in [2.45, 2.75) is 25.1 Å². The summed E-state index contributed by atoms with van der Waals surface area (Å²) in [6.07, 6.45) is -2.05. The fourth-order valence-corrected chi connectivity index (χ4v) is 5.90. The van der Waals surface area contributed by atoms with E-state index in [1.54, 1.807) is 21.9 Å². The second kappa shape index (κ2) is 8.92. The van der Waals surface area contributed by atoms with Crippen LogP contribution in [0.1, 0.15) is 30.0 Å². The van der Waals surface area contributed by atoms with Gasteiger partial charge in [0, 0.05) is 49.5 Å². The van der Waals surface area contributed by atoms with Gasteiger partial charge in [-0.05, 0) is 45.9 Å². The molecule has 6 nitrogen and oxygen atoms in total. The zero-order valence-corrected chi connectivity index (χ0v) is 18.6. The third kappa shape index (κ3) is 5.29. The van der Waals surface area contributed by atoms with Crippen molar-refractivity contribution < 1.29 is 26.6 Å². The van der Waals surface area contributed by atoms with Crippen molar-refractivity contribution in [2.24, 2.45) is 5.92 Å². The Morgan fingerprint density at radius 1 is 1.06 bits per heavy atom. The summed E-state index contributed by atoms with van der Waals surface area (Å²) in [6.45, 7) is 0.899. The number of hydrogen-bond acceptors (Lipinski definition) is 5. The van der Waals surface area contributed by atoms with Crippen LogP contribution in [-0.2, 0) is 20.5 Å². The van der Waals surface area contributed by atoms with E-state index in [4.69, 9.17) is 0 Å². The zero-order chi connectivity index (χ0) is 23.8. The molecule has 178 valence electrons. The van der Waals surface area contributed by atoms with Gasteiger partial charge in [0.15, 0.2) is 0 Å². The molecule has 1 amide bonds. The predicted octanol–water partition coefficient (Wildman–Crippen LogP) is 3.15. The fourth-order valence-electron chi connectivity index (χ4n) is 4.27. The Balaban J connectivity index is 1.57. The van der Waals surface area contributed by atoms with E-state index in [1.807, 2.05) is 0 Å². The average molecular weight is 485 g/mol. The summed E-state index contributed by atoms with van der Waals surface area (Å²) < 4.78 is 64.3. The highest BCUT2D eigenvalue weighted by Crippen LogP contribution is 2.32. The van der Waals surface area contributed by atoms with E-state index in [0.717, 1.165) is 12.4 Å². The minimum absolute atomic E-state index is 0.0628. The highest BCUT2D eigenvalue weighted by atomic mass is 32.2. The highest BCUT2D eigenvalue weighted by molar-refractivity contribution is 8.00. The molecule has 0 spiro atoms. The zero-order valence-electron chi connectivity index (χ0n) is 17.8. The van der Waals surface area contributed by atoms with E-state index in [9.17, 15) is 26.6 Å². The summed E-state index contributed by atoms with van der Waals surface area (Å²) >= 11 is 0. The second-order valence-corrected chi connectivity index (χ2v) is 11.2. The Morgan fingerprint density at radius 2 is 1.67 bits per heavy atom. The molecular weight excluding hydrogens is 460 g/mol. The van der Waals surface area contributed by atoms with Gasteiger partial charge in [-0.25, -0.2) is 14.4 Å². The van der Waals surface area contributed by atoms with Crippen molar-refractivity contribution in [3.8, 4) is 0 Å². The van der Waals surface area contributed by atoms with Gasteiger partial charge in [0.25, 0.3) is 0 Å². The summed E-state index contributed by atoms with van der Waals surface area (Å²) in [7, 11) is -2.13. The van der Waals surface area contributed by atoms with E-state index in [0.29, 0.717) is 43.0 Å². The van der Waals surface area contributed by atoms with Gasteiger partial charge in [-0.3, -0.25) is 9.00 Å². The Morgan fingerprint density at radius 3 is 2.24 bits per heavy atom. The minimum atomic E-state index is -4.53. The van der Waals surface area contributed by atoms with Gasteiger partial charge in [-0.15, -0.1) is 0 Å². The molecule has 0 aliphatic carbocycles. The second-order valence-electron chi connectivity index (χ2n) is 8.46. The quantitative estimate of drug-likeness (QED) is 0.495. The first kappa shape index (κ1) is 23.5. The summed E-state index contributed by atoms with van der Waals surface area (Å²) in [5.41, 5.74) is -0.229. The number of carbonyl (C=O) groups is 1. The largest absolute Gasteiger partial charge is 0.419 e. The number of anilines is 1. The third-order valence-electron chi connectivity index (χ3n) is 6.19. The SMILES string of the molecule is C=S1(=O)CCC(C(=O)N2CCN(c3ncc(C(F)(F)F)cn3)CC2c2ccc(F)cc2)CC1. The lowest BCUT2D eigenvalue weighted by Gasteiger charge is -2.43. The number of alkyl halides is 3. The molecule has 1 atom stereocenters. The summed E-state index contributed by atoms with van der Waals surface area (Å²) in [5.74, 6) is 3.96. The van der Waals surface area contributed by atoms with Gasteiger partial charge in [0.1, 0.15) is 5.82 Å². The predicted molar refractivity (Wildman–Crippen MR) is 118 cm³/mol. The topological polar surface area (TPSA) is 66.4 Å². The smallest absolute Gasteiger partial charge is 0.337 e. The molecule has 2 aromatic rings. The van der Waals surface area contributed by atoms with Crippen LogP contribution in [0.3, 0.4) is 0 Å². The molecule has 1 aromatic heterocycles. The molecular formula is C22H24F4N4O2S. The molecule has 1 aromatic carbocycles. The normalized spacial score (nSPS) is 26.3. The standard InChI is InChI=1S/C22H24F4N4O2S/c1-33(32)10-6-16(7-11-33)20(31)30-9-8-29(14-19(30)15-2-4-18(23)5-3-15)21-27-12-17(13-28-21)22(24,25)26/h2-5,12-13,16,19H,1,6-11,14H2. The van der Waals surface area contributed by atoms with Crippen LogP contribution in [-0.4, -0.2) is 62.0 Å². The first-order chi connectivity index (χ1) is 15.5. The van der Waals surface area contributed by atoms with Crippen molar-refractivity contribution in [3.05, 3.63) is 53.6 Å². The molecule has 2 aliphatic heterocycles. The highest BCUT2D eigenvalue weighted by Gasteiger charge is 2.37. The fraction of sp³-hybridized carbons (Fsp3) is 0.455. The molecule has 0 radical (unpaired) electrons. The molecule has 0 bridgehead atoms. The van der Waals surface area contributed by atoms with E-state index < -0.39 is 33.1 Å². The lowest BCUT2D eigenvalue weighted by atomic mass is 9.96. The lowest BCUT2D eigenvalue weighted by Crippen LogP contribution is -2.53. The number of nitrogens with zero attached hydrogens (tertiary/aromatic N) is 4. The van der Waals surface area contributed by atoms with E-state index >= 15 is 0 Å². The van der Waals surface area contributed by atoms with Crippen molar-refractivity contribution in [2.75, 3.05) is 36.0 Å². The number of halogens is 4. The van der Waals surface area contributed by atoms with E-state index in [-0.39, 0.29) is 24.3 Å².